The Kier molecular flexibility index (Phi) is 4.52. The first-order chi connectivity index (χ1) is 9.16. The molecule has 1 fully saturated rings. The molecule has 1 aliphatic rings. The number of rotatable bonds is 4. The van der Waals surface area contributed by atoms with Gasteiger partial charge in [0, 0.05) is 11.6 Å². The zero-order chi connectivity index (χ0) is 13.7. The maximum absolute atomic E-state index is 12.2. The lowest BCUT2D eigenvalue weighted by Crippen LogP contribution is -2.34. The molecule has 1 aliphatic heterocycles. The second-order valence-corrected chi connectivity index (χ2v) is 4.81. The lowest BCUT2D eigenvalue weighted by Gasteiger charge is -2.22. The number of carbonyl (C=O) groups is 2. The Morgan fingerprint density at radius 3 is 2.63 bits per heavy atom. The van der Waals surface area contributed by atoms with Crippen LogP contribution in [-0.4, -0.2) is 24.9 Å². The molecule has 102 valence electrons. The fourth-order valence-corrected chi connectivity index (χ4v) is 2.30. The molecule has 0 aliphatic carbocycles. The second kappa shape index (κ2) is 6.33. The predicted molar refractivity (Wildman–Crippen MR) is 73.6 cm³/mol. The van der Waals surface area contributed by atoms with Gasteiger partial charge in [0.05, 0.1) is 6.42 Å². The Hall–Kier alpha value is -1.88. The van der Waals surface area contributed by atoms with Crippen molar-refractivity contribution >= 4 is 17.5 Å². The summed E-state index contributed by atoms with van der Waals surface area (Å²) in [6.07, 6.45) is 1.84. The van der Waals surface area contributed by atoms with Gasteiger partial charge in [-0.05, 0) is 37.6 Å². The number of anilines is 1. The van der Waals surface area contributed by atoms with Crippen molar-refractivity contribution in [2.75, 3.05) is 18.4 Å². The monoisotopic (exact) mass is 261 g/mol. The Morgan fingerprint density at radius 1 is 1.26 bits per heavy atom. The first-order valence-corrected chi connectivity index (χ1v) is 6.54. The topological polar surface area (TPSA) is 84.2 Å². The van der Waals surface area contributed by atoms with Crippen molar-refractivity contribution in [3.8, 4) is 0 Å². The molecule has 2 amide bonds. The predicted octanol–water partition coefficient (Wildman–Crippen LogP) is 0.652. The number of para-hydroxylation sites is 1. The zero-order valence-corrected chi connectivity index (χ0v) is 10.8. The summed E-state index contributed by atoms with van der Waals surface area (Å²) in [7, 11) is 0. The van der Waals surface area contributed by atoms with Crippen LogP contribution in [-0.2, 0) is 16.0 Å². The van der Waals surface area contributed by atoms with Crippen LogP contribution < -0.4 is 16.4 Å². The summed E-state index contributed by atoms with van der Waals surface area (Å²) in [4.78, 5) is 23.2. The van der Waals surface area contributed by atoms with Gasteiger partial charge in [-0.3, -0.25) is 9.59 Å². The minimum Gasteiger partial charge on any atom is -0.369 e. The molecule has 1 aromatic rings. The number of carbonyl (C=O) groups excluding carboxylic acids is 2. The molecule has 5 heteroatoms. The molecule has 1 saturated heterocycles. The van der Waals surface area contributed by atoms with Gasteiger partial charge in [0.2, 0.25) is 11.8 Å². The number of benzene rings is 1. The summed E-state index contributed by atoms with van der Waals surface area (Å²) in [5, 5.41) is 6.14. The van der Waals surface area contributed by atoms with E-state index in [4.69, 9.17) is 5.73 Å². The highest BCUT2D eigenvalue weighted by Gasteiger charge is 2.21. The van der Waals surface area contributed by atoms with E-state index in [9.17, 15) is 9.59 Å². The van der Waals surface area contributed by atoms with E-state index in [1.165, 1.54) is 0 Å². The van der Waals surface area contributed by atoms with Gasteiger partial charge < -0.3 is 16.4 Å². The maximum Gasteiger partial charge on any atom is 0.227 e. The zero-order valence-electron chi connectivity index (χ0n) is 10.8. The average Bonchev–Trinajstić information content (AvgIpc) is 2.41. The molecule has 0 saturated carbocycles. The molecule has 1 heterocycles. The molecule has 1 aromatic carbocycles. The third-order valence-electron chi connectivity index (χ3n) is 3.35. The van der Waals surface area contributed by atoms with Crippen LogP contribution >= 0.6 is 0 Å². The summed E-state index contributed by atoms with van der Waals surface area (Å²) >= 11 is 0. The smallest absolute Gasteiger partial charge is 0.227 e. The highest BCUT2D eigenvalue weighted by molar-refractivity contribution is 5.94. The Morgan fingerprint density at radius 2 is 1.95 bits per heavy atom. The number of amides is 2. The summed E-state index contributed by atoms with van der Waals surface area (Å²) in [5.41, 5.74) is 6.65. The van der Waals surface area contributed by atoms with Crippen molar-refractivity contribution in [1.29, 1.82) is 0 Å². The lowest BCUT2D eigenvalue weighted by atomic mass is 9.97. The SMILES string of the molecule is NC(=O)Cc1ccccc1NC(=O)C1CCNCC1. The number of hydrogen-bond donors (Lipinski definition) is 3. The largest absolute Gasteiger partial charge is 0.369 e. The number of piperidine rings is 1. The number of primary amides is 1. The van der Waals surface area contributed by atoms with Crippen LogP contribution in [0.3, 0.4) is 0 Å². The second-order valence-electron chi connectivity index (χ2n) is 4.81. The highest BCUT2D eigenvalue weighted by Crippen LogP contribution is 2.19. The highest BCUT2D eigenvalue weighted by atomic mass is 16.2. The van der Waals surface area contributed by atoms with E-state index in [1.807, 2.05) is 18.2 Å². The molecule has 0 aromatic heterocycles. The molecule has 4 N–H and O–H groups in total. The van der Waals surface area contributed by atoms with Crippen LogP contribution in [0.4, 0.5) is 5.69 Å². The van der Waals surface area contributed by atoms with Gasteiger partial charge in [0.1, 0.15) is 0 Å². The molecular weight excluding hydrogens is 242 g/mol. The van der Waals surface area contributed by atoms with Gasteiger partial charge in [0.25, 0.3) is 0 Å². The van der Waals surface area contributed by atoms with Gasteiger partial charge in [0.15, 0.2) is 0 Å². The van der Waals surface area contributed by atoms with E-state index in [1.54, 1.807) is 6.07 Å². The van der Waals surface area contributed by atoms with Gasteiger partial charge in [-0.2, -0.15) is 0 Å². The lowest BCUT2D eigenvalue weighted by molar-refractivity contribution is -0.120. The number of nitrogens with one attached hydrogen (secondary N) is 2. The first kappa shape index (κ1) is 13.5. The van der Waals surface area contributed by atoms with Crippen molar-refractivity contribution in [2.24, 2.45) is 11.7 Å². The molecule has 0 atom stereocenters. The first-order valence-electron chi connectivity index (χ1n) is 6.54. The fourth-order valence-electron chi connectivity index (χ4n) is 2.30. The van der Waals surface area contributed by atoms with Gasteiger partial charge in [-0.1, -0.05) is 18.2 Å². The van der Waals surface area contributed by atoms with E-state index in [2.05, 4.69) is 10.6 Å². The van der Waals surface area contributed by atoms with Gasteiger partial charge in [-0.25, -0.2) is 0 Å². The molecule has 0 unspecified atom stereocenters. The molecule has 5 nitrogen and oxygen atoms in total. The fraction of sp³-hybridized carbons (Fsp3) is 0.429. The van der Waals surface area contributed by atoms with Crippen molar-refractivity contribution in [3.05, 3.63) is 29.8 Å². The molecule has 0 bridgehead atoms. The minimum atomic E-state index is -0.399. The third kappa shape index (κ3) is 3.79. The van der Waals surface area contributed by atoms with Crippen molar-refractivity contribution in [1.82, 2.24) is 5.32 Å². The Bertz CT molecular complexity index is 468. The standard InChI is InChI=1S/C14H19N3O2/c15-13(18)9-11-3-1-2-4-12(11)17-14(19)10-5-7-16-8-6-10/h1-4,10,16H,5-9H2,(H2,15,18)(H,17,19). The molecule has 0 radical (unpaired) electrons. The van der Waals surface area contributed by atoms with E-state index >= 15 is 0 Å². The molecule has 0 spiro atoms. The summed E-state index contributed by atoms with van der Waals surface area (Å²) in [6, 6.07) is 7.28. The van der Waals surface area contributed by atoms with Crippen LogP contribution in [0.2, 0.25) is 0 Å². The summed E-state index contributed by atoms with van der Waals surface area (Å²) in [6.45, 7) is 1.75. The van der Waals surface area contributed by atoms with Crippen molar-refractivity contribution < 1.29 is 9.59 Å². The summed E-state index contributed by atoms with van der Waals surface area (Å²) in [5.74, 6) is -0.329. The number of nitrogens with two attached hydrogens (primary N) is 1. The molecule has 2 rings (SSSR count). The Balaban J connectivity index is 2.05. The van der Waals surface area contributed by atoms with Crippen LogP contribution in [0.25, 0.3) is 0 Å². The van der Waals surface area contributed by atoms with Crippen molar-refractivity contribution in [3.63, 3.8) is 0 Å². The summed E-state index contributed by atoms with van der Waals surface area (Å²) < 4.78 is 0. The molecule has 19 heavy (non-hydrogen) atoms. The van der Waals surface area contributed by atoms with E-state index in [-0.39, 0.29) is 18.2 Å². The minimum absolute atomic E-state index is 0.0263. The van der Waals surface area contributed by atoms with E-state index < -0.39 is 5.91 Å². The van der Waals surface area contributed by atoms with Crippen LogP contribution in [0.1, 0.15) is 18.4 Å². The average molecular weight is 261 g/mol. The number of hydrogen-bond acceptors (Lipinski definition) is 3. The van der Waals surface area contributed by atoms with E-state index in [0.717, 1.165) is 31.5 Å². The maximum atomic E-state index is 12.2. The van der Waals surface area contributed by atoms with Crippen molar-refractivity contribution in [2.45, 2.75) is 19.3 Å². The quantitative estimate of drug-likeness (QED) is 0.744. The van der Waals surface area contributed by atoms with Crippen LogP contribution in [0, 0.1) is 5.92 Å². The Labute approximate surface area is 112 Å². The third-order valence-corrected chi connectivity index (χ3v) is 3.35. The van der Waals surface area contributed by atoms with E-state index in [0.29, 0.717) is 5.69 Å². The van der Waals surface area contributed by atoms with Crippen LogP contribution in [0.15, 0.2) is 24.3 Å². The van der Waals surface area contributed by atoms with Crippen LogP contribution in [0.5, 0.6) is 0 Å². The molecular formula is C14H19N3O2. The van der Waals surface area contributed by atoms with Gasteiger partial charge >= 0.3 is 0 Å². The van der Waals surface area contributed by atoms with Gasteiger partial charge in [-0.15, -0.1) is 0 Å². The normalized spacial score (nSPS) is 16.0.